The maximum Gasteiger partial charge on any atom is 0.421 e. The van der Waals surface area contributed by atoms with Crippen molar-refractivity contribution in [3.8, 4) is 22.9 Å². The number of fused-ring (bicyclic) bond motifs is 2. The van der Waals surface area contributed by atoms with Crippen LogP contribution in [0.1, 0.15) is 54.2 Å². The fourth-order valence-electron chi connectivity index (χ4n) is 7.53. The molecule has 5 heterocycles. The van der Waals surface area contributed by atoms with Gasteiger partial charge in [-0.3, -0.25) is 4.79 Å². The number of hydrogen-bond donors (Lipinski definition) is 1. The highest BCUT2D eigenvalue weighted by atomic mass is 19.4. The lowest BCUT2D eigenvalue weighted by atomic mass is 9.69. The Balaban J connectivity index is 1.22. The summed E-state index contributed by atoms with van der Waals surface area (Å²) in [5.74, 6) is 0.350. The quantitative estimate of drug-likeness (QED) is 0.345. The molecule has 250 valence electrons. The number of aromatic nitrogens is 2. The van der Waals surface area contributed by atoms with Crippen molar-refractivity contribution in [3.05, 3.63) is 65.5 Å². The molecular weight excluding hydrogens is 611 g/mol. The van der Waals surface area contributed by atoms with Gasteiger partial charge in [-0.2, -0.15) is 13.2 Å². The van der Waals surface area contributed by atoms with Gasteiger partial charge in [-0.1, -0.05) is 12.1 Å². The first-order valence-corrected chi connectivity index (χ1v) is 16.4. The molecule has 12 heteroatoms. The lowest BCUT2D eigenvalue weighted by Gasteiger charge is -2.52. The van der Waals surface area contributed by atoms with Crippen LogP contribution in [0, 0.1) is 5.92 Å². The van der Waals surface area contributed by atoms with E-state index in [2.05, 4.69) is 4.98 Å². The maximum atomic E-state index is 14.5. The molecule has 47 heavy (non-hydrogen) atoms. The normalized spacial score (nSPS) is 20.6. The summed E-state index contributed by atoms with van der Waals surface area (Å²) in [5, 5.41) is 11.2. The van der Waals surface area contributed by atoms with E-state index in [1.54, 1.807) is 28.1 Å². The third-order valence-corrected chi connectivity index (χ3v) is 9.91. The van der Waals surface area contributed by atoms with E-state index in [1.807, 2.05) is 37.1 Å². The van der Waals surface area contributed by atoms with Crippen LogP contribution in [0.5, 0.6) is 11.6 Å². The van der Waals surface area contributed by atoms with Gasteiger partial charge in [-0.15, -0.1) is 0 Å². The number of hydrogen-bond acceptors (Lipinski definition) is 8. The van der Waals surface area contributed by atoms with E-state index >= 15 is 0 Å². The van der Waals surface area contributed by atoms with Crippen molar-refractivity contribution in [1.82, 2.24) is 19.8 Å². The van der Waals surface area contributed by atoms with E-state index < -0.39 is 22.8 Å². The first-order chi connectivity index (χ1) is 22.5. The van der Waals surface area contributed by atoms with Gasteiger partial charge in [-0.05, 0) is 81.5 Å². The zero-order valence-corrected chi connectivity index (χ0v) is 26.7. The van der Waals surface area contributed by atoms with Crippen LogP contribution in [0.3, 0.4) is 0 Å². The standard InChI is InChI=1S/C35H40F3N5O4/c1-3-46-31-24(6-5-15-39-31)26-12-11-25-30(40-26)32(44)43(22-34(45)20-41(2)21-34)19-33(25)13-16-42(17-14-33)27-7-4-8-28(29(27)35(36,37)38)47-18-23-9-10-23/h4-8,11-12,15,23,45H,3,9-10,13-14,16-22H2,1-2H3. The highest BCUT2D eigenvalue weighted by Crippen LogP contribution is 2.48. The molecular formula is C35H40F3N5O4. The van der Waals surface area contributed by atoms with Gasteiger partial charge in [0.2, 0.25) is 5.88 Å². The van der Waals surface area contributed by atoms with Crippen molar-refractivity contribution in [2.75, 3.05) is 64.4 Å². The molecule has 4 aliphatic rings. The van der Waals surface area contributed by atoms with Gasteiger partial charge in [0.15, 0.2) is 0 Å². The molecule has 1 spiro atoms. The lowest BCUT2D eigenvalue weighted by molar-refractivity contribution is -0.138. The van der Waals surface area contributed by atoms with E-state index in [0.717, 1.165) is 18.4 Å². The molecule has 0 bridgehead atoms. The molecule has 1 amide bonds. The number of pyridine rings is 2. The van der Waals surface area contributed by atoms with Gasteiger partial charge in [0.05, 0.1) is 36.7 Å². The molecule has 1 saturated carbocycles. The third-order valence-electron chi connectivity index (χ3n) is 9.91. The second-order valence-electron chi connectivity index (χ2n) is 13.6. The molecule has 3 aliphatic heterocycles. The van der Waals surface area contributed by atoms with Gasteiger partial charge in [0.25, 0.3) is 5.91 Å². The lowest BCUT2D eigenvalue weighted by Crippen LogP contribution is -2.67. The number of benzene rings is 1. The predicted molar refractivity (Wildman–Crippen MR) is 170 cm³/mol. The van der Waals surface area contributed by atoms with Crippen LogP contribution in [0.15, 0.2) is 48.7 Å². The summed E-state index contributed by atoms with van der Waals surface area (Å²) in [6, 6.07) is 12.0. The van der Waals surface area contributed by atoms with E-state index in [4.69, 9.17) is 14.5 Å². The Hall–Kier alpha value is -3.90. The van der Waals surface area contributed by atoms with Crippen molar-refractivity contribution in [3.63, 3.8) is 0 Å². The van der Waals surface area contributed by atoms with Crippen molar-refractivity contribution in [1.29, 1.82) is 0 Å². The number of likely N-dealkylation sites (tertiary alicyclic amines) is 1. The number of alkyl halides is 3. The van der Waals surface area contributed by atoms with Crippen molar-refractivity contribution in [2.24, 2.45) is 5.92 Å². The number of ether oxygens (including phenoxy) is 2. The Morgan fingerprint density at radius 3 is 2.47 bits per heavy atom. The Kier molecular flexibility index (Phi) is 8.07. The summed E-state index contributed by atoms with van der Waals surface area (Å²) in [6.45, 7) is 4.68. The minimum atomic E-state index is -4.58. The van der Waals surface area contributed by atoms with Crippen molar-refractivity contribution >= 4 is 11.6 Å². The van der Waals surface area contributed by atoms with Crippen LogP contribution in [0.2, 0.25) is 0 Å². The number of nitrogens with zero attached hydrogens (tertiary/aromatic N) is 5. The highest BCUT2D eigenvalue weighted by Gasteiger charge is 2.50. The number of carbonyl (C=O) groups is 1. The van der Waals surface area contributed by atoms with Crippen LogP contribution < -0.4 is 14.4 Å². The molecule has 2 saturated heterocycles. The van der Waals surface area contributed by atoms with Crippen LogP contribution in [0.25, 0.3) is 11.3 Å². The fourth-order valence-corrected chi connectivity index (χ4v) is 7.53. The number of aliphatic hydroxyl groups is 1. The zero-order chi connectivity index (χ0) is 33.0. The highest BCUT2D eigenvalue weighted by molar-refractivity contribution is 5.96. The summed E-state index contributed by atoms with van der Waals surface area (Å²) >= 11 is 0. The summed E-state index contributed by atoms with van der Waals surface area (Å²) < 4.78 is 55.0. The Labute approximate surface area is 272 Å². The van der Waals surface area contributed by atoms with Crippen LogP contribution >= 0.6 is 0 Å². The first-order valence-electron chi connectivity index (χ1n) is 16.4. The average Bonchev–Trinajstić information content (AvgIpc) is 3.87. The number of carbonyl (C=O) groups excluding carboxylic acids is 1. The first kappa shape index (κ1) is 31.7. The second-order valence-corrected chi connectivity index (χ2v) is 13.6. The number of rotatable bonds is 9. The van der Waals surface area contributed by atoms with Crippen molar-refractivity contribution in [2.45, 2.75) is 49.8 Å². The molecule has 1 aliphatic carbocycles. The van der Waals surface area contributed by atoms with E-state index in [-0.39, 0.29) is 23.9 Å². The predicted octanol–water partition coefficient (Wildman–Crippen LogP) is 5.02. The molecule has 0 radical (unpaired) electrons. The number of β-amino-alcohol motifs (C(OH)–C–C–N with tert-alkyl or cyclic N) is 1. The summed E-state index contributed by atoms with van der Waals surface area (Å²) in [5.41, 5.74) is 0.0989. The average molecular weight is 652 g/mol. The molecule has 3 aromatic rings. The fraction of sp³-hybridized carbons (Fsp3) is 0.514. The van der Waals surface area contributed by atoms with E-state index in [9.17, 15) is 23.1 Å². The minimum Gasteiger partial charge on any atom is -0.493 e. The minimum absolute atomic E-state index is 0.116. The van der Waals surface area contributed by atoms with Crippen LogP contribution in [-0.4, -0.2) is 95.9 Å². The van der Waals surface area contributed by atoms with E-state index in [1.165, 1.54) is 12.1 Å². The second kappa shape index (κ2) is 12.0. The van der Waals surface area contributed by atoms with Crippen LogP contribution in [-0.2, 0) is 11.6 Å². The van der Waals surface area contributed by atoms with Crippen LogP contribution in [0.4, 0.5) is 18.9 Å². The molecule has 0 unspecified atom stereocenters. The van der Waals surface area contributed by atoms with E-state index in [0.29, 0.717) is 87.5 Å². The molecule has 7 rings (SSSR count). The molecule has 0 atom stereocenters. The number of anilines is 1. The summed E-state index contributed by atoms with van der Waals surface area (Å²) in [7, 11) is 1.91. The van der Waals surface area contributed by atoms with Crippen molar-refractivity contribution < 1.29 is 32.5 Å². The number of likely N-dealkylation sites (N-methyl/N-ethyl adjacent to an activating group) is 1. The van der Waals surface area contributed by atoms with Gasteiger partial charge in [0, 0.05) is 44.3 Å². The Bertz CT molecular complexity index is 1650. The zero-order valence-electron chi connectivity index (χ0n) is 26.7. The third kappa shape index (κ3) is 6.13. The molecule has 3 fully saturated rings. The largest absolute Gasteiger partial charge is 0.493 e. The SMILES string of the molecule is CCOc1ncccc1-c1ccc2c(n1)C(=O)N(CC1(O)CN(C)C1)CC21CCN(c2cccc(OCC3CC3)c2C(F)(F)F)CC1. The smallest absolute Gasteiger partial charge is 0.421 e. The Morgan fingerprint density at radius 2 is 1.79 bits per heavy atom. The summed E-state index contributed by atoms with van der Waals surface area (Å²) in [4.78, 5) is 28.8. The Morgan fingerprint density at radius 1 is 1.02 bits per heavy atom. The monoisotopic (exact) mass is 651 g/mol. The molecule has 1 aromatic carbocycles. The summed E-state index contributed by atoms with van der Waals surface area (Å²) in [6.07, 6.45) is 0.0320. The maximum absolute atomic E-state index is 14.5. The van der Waals surface area contributed by atoms with Gasteiger partial charge < -0.3 is 29.3 Å². The van der Waals surface area contributed by atoms with Gasteiger partial charge >= 0.3 is 6.18 Å². The number of piperidine rings is 1. The number of amides is 1. The molecule has 1 N–H and O–H groups in total. The van der Waals surface area contributed by atoms with Gasteiger partial charge in [-0.25, -0.2) is 9.97 Å². The number of halogens is 3. The van der Waals surface area contributed by atoms with Gasteiger partial charge in [0.1, 0.15) is 22.6 Å². The topological polar surface area (TPSA) is 91.3 Å². The molecule has 2 aromatic heterocycles. The molecule has 9 nitrogen and oxygen atoms in total.